The minimum atomic E-state index is 0.284. The second kappa shape index (κ2) is 4.50. The molecule has 3 heterocycles. The predicted octanol–water partition coefficient (Wildman–Crippen LogP) is 2.29. The smallest absolute Gasteiger partial charge is 0.231 e. The van der Waals surface area contributed by atoms with Crippen LogP contribution in [0.25, 0.3) is 16.2 Å². The van der Waals surface area contributed by atoms with Crippen molar-refractivity contribution in [2.75, 3.05) is 13.3 Å². The topological polar surface area (TPSA) is 61.8 Å². The summed E-state index contributed by atoms with van der Waals surface area (Å²) in [5.74, 6) is 1.56. The van der Waals surface area contributed by atoms with E-state index in [0.29, 0.717) is 6.54 Å². The summed E-state index contributed by atoms with van der Waals surface area (Å²) in [5.41, 5.74) is 8.88. The molecule has 102 valence electrons. The van der Waals surface area contributed by atoms with Crippen molar-refractivity contribution < 1.29 is 9.47 Å². The first-order chi connectivity index (χ1) is 9.86. The molecule has 1 aliphatic heterocycles. The Bertz CT molecular complexity index is 778. The molecule has 1 aromatic carbocycles. The lowest BCUT2D eigenvalue weighted by Crippen LogP contribution is -2.05. The van der Waals surface area contributed by atoms with E-state index >= 15 is 0 Å². The minimum absolute atomic E-state index is 0.284. The largest absolute Gasteiger partial charge is 0.454 e. The van der Waals surface area contributed by atoms with E-state index in [9.17, 15) is 0 Å². The fourth-order valence-corrected chi connectivity index (χ4v) is 3.22. The van der Waals surface area contributed by atoms with E-state index in [1.165, 1.54) is 0 Å². The van der Waals surface area contributed by atoms with Crippen LogP contribution >= 0.6 is 11.3 Å². The SMILES string of the molecule is NCCc1c(-c2ccc3c(c2)OCO3)nc2sccn12. The summed E-state index contributed by atoms with van der Waals surface area (Å²) in [6.45, 7) is 0.883. The van der Waals surface area contributed by atoms with Crippen LogP contribution in [-0.4, -0.2) is 22.7 Å². The molecular formula is C14H13N3O2S. The van der Waals surface area contributed by atoms with Gasteiger partial charge in [-0.05, 0) is 24.7 Å². The van der Waals surface area contributed by atoms with Crippen molar-refractivity contribution in [3.05, 3.63) is 35.5 Å². The first kappa shape index (κ1) is 11.7. The summed E-state index contributed by atoms with van der Waals surface area (Å²) < 4.78 is 12.9. The molecule has 0 saturated heterocycles. The van der Waals surface area contributed by atoms with E-state index < -0.39 is 0 Å². The number of aromatic nitrogens is 2. The van der Waals surface area contributed by atoms with Crippen LogP contribution in [0.2, 0.25) is 0 Å². The van der Waals surface area contributed by atoms with Gasteiger partial charge in [-0.3, -0.25) is 4.40 Å². The normalized spacial score (nSPS) is 13.2. The van der Waals surface area contributed by atoms with Crippen molar-refractivity contribution in [1.82, 2.24) is 9.38 Å². The molecule has 5 nitrogen and oxygen atoms in total. The van der Waals surface area contributed by atoms with Gasteiger partial charge in [0.1, 0.15) is 0 Å². The molecule has 0 spiro atoms. The van der Waals surface area contributed by atoms with Crippen molar-refractivity contribution in [3.63, 3.8) is 0 Å². The number of hydrogen-bond donors (Lipinski definition) is 1. The minimum Gasteiger partial charge on any atom is -0.454 e. The summed E-state index contributed by atoms with van der Waals surface area (Å²) in [7, 11) is 0. The van der Waals surface area contributed by atoms with Crippen LogP contribution in [0.15, 0.2) is 29.8 Å². The first-order valence-corrected chi connectivity index (χ1v) is 7.29. The number of nitrogens with two attached hydrogens (primary N) is 1. The van der Waals surface area contributed by atoms with Crippen LogP contribution in [-0.2, 0) is 6.42 Å². The van der Waals surface area contributed by atoms with Gasteiger partial charge in [0.2, 0.25) is 6.79 Å². The van der Waals surface area contributed by atoms with E-state index in [0.717, 1.165) is 39.8 Å². The lowest BCUT2D eigenvalue weighted by atomic mass is 10.1. The zero-order chi connectivity index (χ0) is 13.5. The Kier molecular flexibility index (Phi) is 2.64. The predicted molar refractivity (Wildman–Crippen MR) is 77.4 cm³/mol. The van der Waals surface area contributed by atoms with Gasteiger partial charge in [0.05, 0.1) is 11.4 Å². The summed E-state index contributed by atoms with van der Waals surface area (Å²) in [6.07, 6.45) is 2.83. The number of thiazole rings is 1. The van der Waals surface area contributed by atoms with E-state index in [4.69, 9.17) is 20.2 Å². The standard InChI is InChI=1S/C14H13N3O2S/c15-4-3-10-13(16-14-17(10)5-6-20-14)9-1-2-11-12(7-9)19-8-18-11/h1-2,5-7H,3-4,8,15H2. The molecule has 0 amide bonds. The van der Waals surface area contributed by atoms with E-state index in [1.807, 2.05) is 29.8 Å². The highest BCUT2D eigenvalue weighted by molar-refractivity contribution is 7.15. The Balaban J connectivity index is 1.88. The molecule has 0 aliphatic carbocycles. The summed E-state index contributed by atoms with van der Waals surface area (Å²) in [4.78, 5) is 5.70. The van der Waals surface area contributed by atoms with Crippen LogP contribution in [0.5, 0.6) is 11.5 Å². The molecule has 0 unspecified atom stereocenters. The molecule has 6 heteroatoms. The third kappa shape index (κ3) is 1.69. The molecule has 4 rings (SSSR count). The Morgan fingerprint density at radius 2 is 2.20 bits per heavy atom. The summed E-state index contributed by atoms with van der Waals surface area (Å²) in [6, 6.07) is 5.92. The maximum Gasteiger partial charge on any atom is 0.231 e. The first-order valence-electron chi connectivity index (χ1n) is 6.41. The van der Waals surface area contributed by atoms with Crippen molar-refractivity contribution >= 4 is 16.3 Å². The van der Waals surface area contributed by atoms with Crippen LogP contribution < -0.4 is 15.2 Å². The van der Waals surface area contributed by atoms with Crippen molar-refractivity contribution in [3.8, 4) is 22.8 Å². The van der Waals surface area contributed by atoms with E-state index in [1.54, 1.807) is 11.3 Å². The molecule has 0 fully saturated rings. The van der Waals surface area contributed by atoms with Crippen LogP contribution in [0.3, 0.4) is 0 Å². The quantitative estimate of drug-likeness (QED) is 0.803. The molecule has 0 bridgehead atoms. The number of imidazole rings is 1. The molecule has 2 N–H and O–H groups in total. The highest BCUT2D eigenvalue weighted by Gasteiger charge is 2.18. The molecule has 0 radical (unpaired) electrons. The lowest BCUT2D eigenvalue weighted by Gasteiger charge is -2.04. The number of rotatable bonds is 3. The molecule has 0 atom stereocenters. The lowest BCUT2D eigenvalue weighted by molar-refractivity contribution is 0.174. The number of benzene rings is 1. The van der Waals surface area contributed by atoms with Gasteiger partial charge >= 0.3 is 0 Å². The molecular weight excluding hydrogens is 274 g/mol. The fourth-order valence-electron chi connectivity index (χ4n) is 2.48. The molecule has 0 saturated carbocycles. The number of nitrogens with zero attached hydrogens (tertiary/aromatic N) is 2. The van der Waals surface area contributed by atoms with Gasteiger partial charge in [-0.15, -0.1) is 11.3 Å². The fraction of sp³-hybridized carbons (Fsp3) is 0.214. The van der Waals surface area contributed by atoms with E-state index in [-0.39, 0.29) is 6.79 Å². The maximum atomic E-state index is 5.73. The average molecular weight is 287 g/mol. The highest BCUT2D eigenvalue weighted by atomic mass is 32.1. The molecule has 1 aliphatic rings. The van der Waals surface area contributed by atoms with Gasteiger partial charge < -0.3 is 15.2 Å². The van der Waals surface area contributed by atoms with Gasteiger partial charge in [-0.2, -0.15) is 0 Å². The van der Waals surface area contributed by atoms with Gasteiger partial charge in [-0.1, -0.05) is 0 Å². The van der Waals surface area contributed by atoms with Crippen LogP contribution in [0, 0.1) is 0 Å². The summed E-state index contributed by atoms with van der Waals surface area (Å²) >= 11 is 1.62. The molecule has 20 heavy (non-hydrogen) atoms. The van der Waals surface area contributed by atoms with Crippen molar-refractivity contribution in [2.24, 2.45) is 5.73 Å². The van der Waals surface area contributed by atoms with Crippen molar-refractivity contribution in [2.45, 2.75) is 6.42 Å². The van der Waals surface area contributed by atoms with Crippen LogP contribution in [0.4, 0.5) is 0 Å². The van der Waals surface area contributed by atoms with Crippen LogP contribution in [0.1, 0.15) is 5.69 Å². The third-order valence-corrected chi connectivity index (χ3v) is 4.14. The number of ether oxygens (including phenoxy) is 2. The Hall–Kier alpha value is -2.05. The average Bonchev–Trinajstić information content (AvgIpc) is 3.14. The van der Waals surface area contributed by atoms with Gasteiger partial charge in [0, 0.05) is 23.6 Å². The monoisotopic (exact) mass is 287 g/mol. The Morgan fingerprint density at radius 3 is 3.10 bits per heavy atom. The molecule has 2 aromatic heterocycles. The van der Waals surface area contributed by atoms with Gasteiger partial charge in [0.25, 0.3) is 0 Å². The number of fused-ring (bicyclic) bond motifs is 2. The van der Waals surface area contributed by atoms with Gasteiger partial charge in [-0.25, -0.2) is 4.98 Å². The second-order valence-corrected chi connectivity index (χ2v) is 5.44. The van der Waals surface area contributed by atoms with E-state index in [2.05, 4.69) is 4.40 Å². The summed E-state index contributed by atoms with van der Waals surface area (Å²) in [5, 5.41) is 2.03. The van der Waals surface area contributed by atoms with Crippen molar-refractivity contribution in [1.29, 1.82) is 0 Å². The Morgan fingerprint density at radius 1 is 1.30 bits per heavy atom. The molecule has 3 aromatic rings. The second-order valence-electron chi connectivity index (χ2n) is 4.57. The zero-order valence-electron chi connectivity index (χ0n) is 10.7. The number of hydrogen-bond acceptors (Lipinski definition) is 5. The van der Waals surface area contributed by atoms with Gasteiger partial charge in [0.15, 0.2) is 16.5 Å². The maximum absolute atomic E-state index is 5.73. The third-order valence-electron chi connectivity index (χ3n) is 3.39. The highest BCUT2D eigenvalue weighted by Crippen LogP contribution is 2.37. The zero-order valence-corrected chi connectivity index (χ0v) is 11.5. The Labute approximate surface area is 119 Å².